The standard InChI is InChI=1S/C16H15N3O3S/c1-10(20)22-15-11(16(21)19(3)17-15)8-9-14-18(2)12-6-4-5-7-13(12)23-14/h4-9H,1-3H3/b11-8+,14-9+. The SMILES string of the molecule is CC(=O)OC1=NN(C)C(=O)/C1=C/C=C1/Sc2ccccc2N1C. The van der Waals surface area contributed by atoms with Gasteiger partial charge in [-0.1, -0.05) is 23.9 Å². The normalized spacial score (nSPS) is 20.3. The van der Waals surface area contributed by atoms with Gasteiger partial charge in [0.1, 0.15) is 5.57 Å². The van der Waals surface area contributed by atoms with E-state index in [2.05, 4.69) is 5.10 Å². The minimum atomic E-state index is -0.509. The minimum Gasteiger partial charge on any atom is -0.405 e. The number of carbonyl (C=O) groups excluding carboxylic acids is 2. The quantitative estimate of drug-likeness (QED) is 0.584. The molecule has 0 saturated carbocycles. The van der Waals surface area contributed by atoms with Gasteiger partial charge in [-0.15, -0.1) is 5.10 Å². The van der Waals surface area contributed by atoms with Gasteiger partial charge in [-0.25, -0.2) is 5.01 Å². The fourth-order valence-electron chi connectivity index (χ4n) is 2.28. The molecule has 118 valence electrons. The summed E-state index contributed by atoms with van der Waals surface area (Å²) < 4.78 is 5.00. The lowest BCUT2D eigenvalue weighted by Crippen LogP contribution is -2.18. The molecule has 0 radical (unpaired) electrons. The zero-order valence-corrected chi connectivity index (χ0v) is 13.8. The second-order valence-corrected chi connectivity index (χ2v) is 6.10. The van der Waals surface area contributed by atoms with E-state index in [9.17, 15) is 9.59 Å². The largest absolute Gasteiger partial charge is 0.405 e. The van der Waals surface area contributed by atoms with Gasteiger partial charge in [0.25, 0.3) is 11.8 Å². The van der Waals surface area contributed by atoms with Crippen molar-refractivity contribution in [3.8, 4) is 0 Å². The Balaban J connectivity index is 1.89. The first-order valence-electron chi connectivity index (χ1n) is 6.95. The van der Waals surface area contributed by atoms with E-state index >= 15 is 0 Å². The van der Waals surface area contributed by atoms with Crippen LogP contribution in [0.4, 0.5) is 5.69 Å². The number of esters is 1. The molecular formula is C16H15N3O3S. The molecule has 2 aliphatic heterocycles. The molecule has 0 atom stereocenters. The number of ether oxygens (including phenoxy) is 1. The maximum Gasteiger partial charge on any atom is 0.309 e. The molecule has 1 aromatic rings. The van der Waals surface area contributed by atoms with Crippen LogP contribution >= 0.6 is 11.8 Å². The van der Waals surface area contributed by atoms with Gasteiger partial charge in [0, 0.05) is 25.9 Å². The second-order valence-electron chi connectivity index (χ2n) is 5.04. The van der Waals surface area contributed by atoms with E-state index < -0.39 is 5.97 Å². The summed E-state index contributed by atoms with van der Waals surface area (Å²) in [5.74, 6) is -0.781. The van der Waals surface area contributed by atoms with Gasteiger partial charge < -0.3 is 9.64 Å². The highest BCUT2D eigenvalue weighted by Gasteiger charge is 2.30. The van der Waals surface area contributed by atoms with E-state index in [1.807, 2.05) is 42.3 Å². The Morgan fingerprint density at radius 3 is 2.70 bits per heavy atom. The summed E-state index contributed by atoms with van der Waals surface area (Å²) in [6, 6.07) is 8.06. The van der Waals surface area contributed by atoms with Gasteiger partial charge in [-0.3, -0.25) is 9.59 Å². The number of hydrazone groups is 1. The summed E-state index contributed by atoms with van der Waals surface area (Å²) in [4.78, 5) is 26.4. The molecule has 0 N–H and O–H groups in total. The van der Waals surface area contributed by atoms with Crippen LogP contribution < -0.4 is 4.90 Å². The lowest BCUT2D eigenvalue weighted by molar-refractivity contribution is -0.132. The number of thioether (sulfide) groups is 1. The van der Waals surface area contributed by atoms with Crippen molar-refractivity contribution in [2.75, 3.05) is 19.0 Å². The third-order valence-corrected chi connectivity index (χ3v) is 4.58. The van der Waals surface area contributed by atoms with Gasteiger partial charge in [0.05, 0.1) is 10.7 Å². The first-order valence-corrected chi connectivity index (χ1v) is 7.77. The number of fused-ring (bicyclic) bond motifs is 1. The highest BCUT2D eigenvalue weighted by molar-refractivity contribution is 8.03. The highest BCUT2D eigenvalue weighted by atomic mass is 32.2. The van der Waals surface area contributed by atoms with Crippen LogP contribution in [0.1, 0.15) is 6.92 Å². The van der Waals surface area contributed by atoms with Crippen molar-refractivity contribution in [1.29, 1.82) is 0 Å². The molecule has 0 aromatic heterocycles. The number of para-hydroxylation sites is 1. The number of hydrogen-bond donors (Lipinski definition) is 0. The summed E-state index contributed by atoms with van der Waals surface area (Å²) in [6.45, 7) is 1.28. The van der Waals surface area contributed by atoms with Gasteiger partial charge in [-0.2, -0.15) is 0 Å². The Labute approximate surface area is 138 Å². The lowest BCUT2D eigenvalue weighted by atomic mass is 10.2. The molecule has 7 heteroatoms. The summed E-state index contributed by atoms with van der Waals surface area (Å²) >= 11 is 1.61. The van der Waals surface area contributed by atoms with Crippen LogP contribution in [0.15, 0.2) is 57.0 Å². The highest BCUT2D eigenvalue weighted by Crippen LogP contribution is 2.44. The first kappa shape index (κ1) is 15.4. The summed E-state index contributed by atoms with van der Waals surface area (Å²) in [5.41, 5.74) is 1.38. The van der Waals surface area contributed by atoms with Crippen molar-refractivity contribution in [2.45, 2.75) is 11.8 Å². The molecule has 1 aromatic carbocycles. The molecule has 0 unspecified atom stereocenters. The van der Waals surface area contributed by atoms with Crippen molar-refractivity contribution in [2.24, 2.45) is 5.10 Å². The Morgan fingerprint density at radius 1 is 1.26 bits per heavy atom. The zero-order chi connectivity index (χ0) is 16.6. The number of amides is 1. The summed E-state index contributed by atoms with van der Waals surface area (Å²) in [6.07, 6.45) is 3.47. The molecule has 3 rings (SSSR count). The molecular weight excluding hydrogens is 314 g/mol. The van der Waals surface area contributed by atoms with Crippen LogP contribution in [0.2, 0.25) is 0 Å². The summed E-state index contributed by atoms with van der Waals surface area (Å²) in [5, 5.41) is 6.07. The third-order valence-electron chi connectivity index (χ3n) is 3.40. The smallest absolute Gasteiger partial charge is 0.309 e. The number of nitrogens with zero attached hydrogens (tertiary/aromatic N) is 3. The number of allylic oxidation sites excluding steroid dienone is 2. The lowest BCUT2D eigenvalue weighted by Gasteiger charge is -2.12. The Morgan fingerprint density at radius 2 is 2.00 bits per heavy atom. The summed E-state index contributed by atoms with van der Waals surface area (Å²) in [7, 11) is 3.49. The Bertz CT molecular complexity index is 783. The first-order chi connectivity index (χ1) is 11.0. The van der Waals surface area contributed by atoms with E-state index in [0.717, 1.165) is 20.6 Å². The topological polar surface area (TPSA) is 62.2 Å². The molecule has 0 bridgehead atoms. The number of carbonyl (C=O) groups is 2. The van der Waals surface area contributed by atoms with Crippen molar-refractivity contribution < 1.29 is 14.3 Å². The predicted molar refractivity (Wildman–Crippen MR) is 88.8 cm³/mol. The predicted octanol–water partition coefficient (Wildman–Crippen LogP) is 2.34. The van der Waals surface area contributed by atoms with Crippen LogP contribution in [0, 0.1) is 0 Å². The molecule has 23 heavy (non-hydrogen) atoms. The van der Waals surface area contributed by atoms with Crippen LogP contribution in [-0.2, 0) is 14.3 Å². The Hall–Kier alpha value is -2.54. The molecule has 0 fully saturated rings. The van der Waals surface area contributed by atoms with E-state index in [4.69, 9.17) is 4.74 Å². The number of anilines is 1. The third kappa shape index (κ3) is 2.87. The van der Waals surface area contributed by atoms with Crippen molar-refractivity contribution in [3.63, 3.8) is 0 Å². The second kappa shape index (κ2) is 5.92. The minimum absolute atomic E-state index is 0.0324. The van der Waals surface area contributed by atoms with E-state index in [1.165, 1.54) is 14.0 Å². The van der Waals surface area contributed by atoms with Gasteiger partial charge >= 0.3 is 5.97 Å². The van der Waals surface area contributed by atoms with E-state index in [-0.39, 0.29) is 17.4 Å². The van der Waals surface area contributed by atoms with Crippen LogP contribution in [0.3, 0.4) is 0 Å². The fraction of sp³-hybridized carbons (Fsp3) is 0.188. The molecule has 0 saturated heterocycles. The van der Waals surface area contributed by atoms with Gasteiger partial charge in [0.15, 0.2) is 0 Å². The van der Waals surface area contributed by atoms with Crippen LogP contribution in [-0.4, -0.2) is 36.9 Å². The average molecular weight is 329 g/mol. The monoisotopic (exact) mass is 329 g/mol. The van der Waals surface area contributed by atoms with E-state index in [1.54, 1.807) is 17.8 Å². The van der Waals surface area contributed by atoms with Crippen molar-refractivity contribution in [1.82, 2.24) is 5.01 Å². The van der Waals surface area contributed by atoms with Crippen LogP contribution in [0.25, 0.3) is 0 Å². The molecule has 0 aliphatic carbocycles. The molecule has 1 amide bonds. The molecule has 2 heterocycles. The maximum atomic E-state index is 12.1. The Kier molecular flexibility index (Phi) is 3.96. The molecule has 2 aliphatic rings. The zero-order valence-electron chi connectivity index (χ0n) is 12.9. The number of hydrogen-bond acceptors (Lipinski definition) is 6. The van der Waals surface area contributed by atoms with Crippen molar-refractivity contribution in [3.05, 3.63) is 47.0 Å². The van der Waals surface area contributed by atoms with Crippen molar-refractivity contribution >= 4 is 35.2 Å². The van der Waals surface area contributed by atoms with E-state index in [0.29, 0.717) is 0 Å². The average Bonchev–Trinajstić information content (AvgIpc) is 2.96. The molecule has 0 spiro atoms. The fourth-order valence-corrected chi connectivity index (χ4v) is 3.33. The number of benzene rings is 1. The van der Waals surface area contributed by atoms with Gasteiger partial charge in [-0.05, 0) is 24.3 Å². The number of likely N-dealkylation sites (N-methyl/N-ethyl adjacent to an activating group) is 1. The van der Waals surface area contributed by atoms with Gasteiger partial charge in [0.2, 0.25) is 0 Å². The van der Waals surface area contributed by atoms with Crippen LogP contribution in [0.5, 0.6) is 0 Å². The maximum absolute atomic E-state index is 12.1. The molecule has 6 nitrogen and oxygen atoms in total. The number of rotatable bonds is 1.